The summed E-state index contributed by atoms with van der Waals surface area (Å²) in [7, 11) is 0. The van der Waals surface area contributed by atoms with Crippen LogP contribution in [0, 0.1) is 10.1 Å². The Labute approximate surface area is 182 Å². The number of hydrogen-bond acceptors (Lipinski definition) is 6. The summed E-state index contributed by atoms with van der Waals surface area (Å²) in [6.45, 7) is 1.29. The highest BCUT2D eigenvalue weighted by Gasteiger charge is 2.11. The lowest BCUT2D eigenvalue weighted by Gasteiger charge is -2.07. The normalized spacial score (nSPS) is 10.7. The molecule has 0 aliphatic carbocycles. The summed E-state index contributed by atoms with van der Waals surface area (Å²) >= 11 is 0. The number of amides is 1. The molecular weight excluding hydrogens is 412 g/mol. The van der Waals surface area contributed by atoms with E-state index in [2.05, 4.69) is 10.3 Å². The number of hydrogen-bond donors (Lipinski definition) is 1. The van der Waals surface area contributed by atoms with Crippen molar-refractivity contribution in [1.29, 1.82) is 0 Å². The Balaban J connectivity index is 1.40. The Morgan fingerprint density at radius 1 is 1.03 bits per heavy atom. The molecule has 9 nitrogen and oxygen atoms in total. The van der Waals surface area contributed by atoms with Gasteiger partial charge >= 0.3 is 0 Å². The zero-order valence-corrected chi connectivity index (χ0v) is 17.0. The molecule has 0 aliphatic heterocycles. The zero-order valence-electron chi connectivity index (χ0n) is 17.0. The van der Waals surface area contributed by atoms with Crippen LogP contribution >= 0.6 is 0 Å². The van der Waals surface area contributed by atoms with Gasteiger partial charge in [-0.2, -0.15) is 0 Å². The first-order valence-electron chi connectivity index (χ1n) is 9.66. The van der Waals surface area contributed by atoms with E-state index in [1.54, 1.807) is 65.2 Å². The van der Waals surface area contributed by atoms with Gasteiger partial charge < -0.3 is 10.1 Å². The number of ether oxygens (including phenoxy) is 1. The summed E-state index contributed by atoms with van der Waals surface area (Å²) in [6, 6.07) is 16.7. The maximum atomic E-state index is 12.3. The number of rotatable bonds is 7. The van der Waals surface area contributed by atoms with E-state index in [4.69, 9.17) is 4.74 Å². The Hall–Kier alpha value is -4.53. The number of fused-ring (bicyclic) bond motifs is 1. The number of nitrogens with one attached hydrogen (secondary N) is 1. The summed E-state index contributed by atoms with van der Waals surface area (Å²) in [4.78, 5) is 38.4. The summed E-state index contributed by atoms with van der Waals surface area (Å²) in [6.07, 6.45) is 3.13. The third-order valence-electron chi connectivity index (χ3n) is 4.69. The van der Waals surface area contributed by atoms with E-state index in [-0.39, 0.29) is 24.0 Å². The van der Waals surface area contributed by atoms with Crippen LogP contribution in [0.2, 0.25) is 0 Å². The molecular formula is C23H18N4O5. The molecule has 0 radical (unpaired) electrons. The van der Waals surface area contributed by atoms with E-state index in [1.165, 1.54) is 19.2 Å². The number of benzene rings is 2. The van der Waals surface area contributed by atoms with Gasteiger partial charge in [-0.25, -0.2) is 4.98 Å². The number of ketones is 1. The number of nitrogens with zero attached hydrogens (tertiary/aromatic N) is 3. The van der Waals surface area contributed by atoms with Gasteiger partial charge in [0.1, 0.15) is 11.4 Å². The smallest absolute Gasteiger partial charge is 0.286 e. The Kier molecular flexibility index (Phi) is 5.63. The Bertz CT molecular complexity index is 1310. The van der Waals surface area contributed by atoms with E-state index in [1.807, 2.05) is 0 Å². The van der Waals surface area contributed by atoms with Crippen LogP contribution in [0.4, 0.5) is 11.4 Å². The summed E-state index contributed by atoms with van der Waals surface area (Å²) in [5.41, 5.74) is 3.15. The van der Waals surface area contributed by atoms with E-state index in [0.717, 1.165) is 5.56 Å². The minimum Gasteiger partial charge on any atom is -0.485 e. The third-order valence-corrected chi connectivity index (χ3v) is 4.69. The molecule has 2 aromatic carbocycles. The largest absolute Gasteiger partial charge is 0.485 e. The van der Waals surface area contributed by atoms with Crippen molar-refractivity contribution in [3.8, 4) is 17.0 Å². The molecule has 160 valence electrons. The van der Waals surface area contributed by atoms with Crippen LogP contribution < -0.4 is 10.1 Å². The predicted octanol–water partition coefficient (Wildman–Crippen LogP) is 4.13. The van der Waals surface area contributed by atoms with Crippen molar-refractivity contribution >= 4 is 28.7 Å². The van der Waals surface area contributed by atoms with Gasteiger partial charge in [0.25, 0.3) is 5.69 Å². The van der Waals surface area contributed by atoms with Crippen LogP contribution in [0.15, 0.2) is 73.1 Å². The van der Waals surface area contributed by atoms with Crippen LogP contribution in [0.1, 0.15) is 17.3 Å². The molecule has 0 fully saturated rings. The number of pyridine rings is 1. The number of Topliss-reactive ketones (excluding diaryl/α,β-unsaturated/α-hetero) is 1. The first-order chi connectivity index (χ1) is 15.4. The molecule has 4 rings (SSSR count). The second-order valence-corrected chi connectivity index (χ2v) is 7.03. The molecule has 4 aromatic rings. The number of carbonyl (C=O) groups is 2. The molecule has 2 heterocycles. The molecule has 0 atom stereocenters. The Morgan fingerprint density at radius 3 is 2.41 bits per heavy atom. The van der Waals surface area contributed by atoms with Crippen molar-refractivity contribution < 1.29 is 19.2 Å². The van der Waals surface area contributed by atoms with Crippen molar-refractivity contribution in [2.75, 3.05) is 11.9 Å². The molecule has 1 amide bonds. The maximum Gasteiger partial charge on any atom is 0.286 e. The van der Waals surface area contributed by atoms with Gasteiger partial charge in [0.15, 0.2) is 12.4 Å². The third kappa shape index (κ3) is 4.62. The van der Waals surface area contributed by atoms with Crippen LogP contribution in [0.3, 0.4) is 0 Å². The lowest BCUT2D eigenvalue weighted by Crippen LogP contribution is -2.12. The fourth-order valence-electron chi connectivity index (χ4n) is 3.12. The minimum absolute atomic E-state index is 0.0142. The van der Waals surface area contributed by atoms with Gasteiger partial charge in [-0.15, -0.1) is 0 Å². The monoisotopic (exact) mass is 430 g/mol. The Morgan fingerprint density at radius 2 is 1.75 bits per heavy atom. The second-order valence-electron chi connectivity index (χ2n) is 7.03. The molecule has 1 N–H and O–H groups in total. The first kappa shape index (κ1) is 20.7. The van der Waals surface area contributed by atoms with Crippen molar-refractivity contribution in [2.45, 2.75) is 6.92 Å². The van der Waals surface area contributed by atoms with Crippen LogP contribution in [-0.4, -0.2) is 32.6 Å². The molecule has 32 heavy (non-hydrogen) atoms. The highest BCUT2D eigenvalue weighted by atomic mass is 16.6. The highest BCUT2D eigenvalue weighted by Crippen LogP contribution is 2.24. The maximum absolute atomic E-state index is 12.3. The quantitative estimate of drug-likeness (QED) is 0.268. The van der Waals surface area contributed by atoms with E-state index >= 15 is 0 Å². The fourth-order valence-corrected chi connectivity index (χ4v) is 3.12. The van der Waals surface area contributed by atoms with Gasteiger partial charge in [-0.05, 0) is 54.6 Å². The number of aromatic nitrogens is 2. The second kappa shape index (κ2) is 8.68. The van der Waals surface area contributed by atoms with E-state index < -0.39 is 4.92 Å². The van der Waals surface area contributed by atoms with Gasteiger partial charge in [-0.1, -0.05) is 0 Å². The lowest BCUT2D eigenvalue weighted by atomic mass is 10.1. The molecule has 9 heteroatoms. The average Bonchev–Trinajstić information content (AvgIpc) is 3.21. The van der Waals surface area contributed by atoms with Crippen LogP contribution in [0.5, 0.6) is 5.75 Å². The van der Waals surface area contributed by atoms with Crippen molar-refractivity contribution in [3.63, 3.8) is 0 Å². The predicted molar refractivity (Wildman–Crippen MR) is 118 cm³/mol. The van der Waals surface area contributed by atoms with Gasteiger partial charge in [-0.3, -0.25) is 24.1 Å². The van der Waals surface area contributed by atoms with Crippen molar-refractivity contribution in [2.24, 2.45) is 0 Å². The number of imidazole rings is 1. The van der Waals surface area contributed by atoms with Gasteiger partial charge in [0.2, 0.25) is 5.91 Å². The first-order valence-corrected chi connectivity index (χ1v) is 9.66. The van der Waals surface area contributed by atoms with Crippen molar-refractivity contribution in [3.05, 3.63) is 88.7 Å². The van der Waals surface area contributed by atoms with E-state index in [9.17, 15) is 19.7 Å². The van der Waals surface area contributed by atoms with Crippen LogP contribution in [0.25, 0.3) is 16.9 Å². The van der Waals surface area contributed by atoms with Gasteiger partial charge in [0.05, 0.1) is 16.8 Å². The fraction of sp³-hybridized carbons (Fsp3) is 0.0870. The van der Waals surface area contributed by atoms with Crippen LogP contribution in [-0.2, 0) is 4.79 Å². The lowest BCUT2D eigenvalue weighted by molar-refractivity contribution is -0.385. The molecule has 0 saturated carbocycles. The molecule has 0 saturated heterocycles. The molecule has 0 aliphatic rings. The molecule has 0 spiro atoms. The zero-order chi connectivity index (χ0) is 22.7. The number of anilines is 1. The minimum atomic E-state index is -0.454. The van der Waals surface area contributed by atoms with E-state index in [0.29, 0.717) is 28.3 Å². The average molecular weight is 430 g/mol. The van der Waals surface area contributed by atoms with Crippen molar-refractivity contribution in [1.82, 2.24) is 9.38 Å². The topological polar surface area (TPSA) is 116 Å². The molecule has 0 unspecified atom stereocenters. The summed E-state index contributed by atoms with van der Waals surface area (Å²) in [5, 5.41) is 13.6. The number of carbonyl (C=O) groups excluding carboxylic acids is 2. The summed E-state index contributed by atoms with van der Waals surface area (Å²) < 4.78 is 7.19. The molecule has 2 aromatic heterocycles. The molecule has 0 bridgehead atoms. The SMILES string of the molecule is CC(=O)Nc1ccc(C(=O)COc2ccc(-c3cn4cc([N+](=O)[O-])ccc4n3)cc2)cc1. The number of nitro groups is 1. The van der Waals surface area contributed by atoms with Gasteiger partial charge in [0, 0.05) is 36.0 Å². The highest BCUT2D eigenvalue weighted by molar-refractivity contribution is 5.98. The standard InChI is InChI=1S/C23H18N4O5/c1-15(28)24-18-6-2-17(3-7-18)22(29)14-32-20-9-4-16(5-10-20)21-13-26-12-19(27(30)31)8-11-23(26)25-21/h2-13H,14H2,1H3,(H,24,28). The summed E-state index contributed by atoms with van der Waals surface area (Å²) in [5.74, 6) is 0.155.